The lowest BCUT2D eigenvalue weighted by molar-refractivity contribution is -0.126. The van der Waals surface area contributed by atoms with Gasteiger partial charge < -0.3 is 19.9 Å². The zero-order valence-electron chi connectivity index (χ0n) is 16.9. The van der Waals surface area contributed by atoms with Gasteiger partial charge in [-0.1, -0.05) is 6.07 Å². The van der Waals surface area contributed by atoms with Gasteiger partial charge in [0, 0.05) is 25.0 Å². The van der Waals surface area contributed by atoms with Crippen LogP contribution in [0.2, 0.25) is 0 Å². The Morgan fingerprint density at radius 2 is 2.10 bits per heavy atom. The highest BCUT2D eigenvalue weighted by atomic mass is 16.5. The minimum absolute atomic E-state index is 0.0807. The number of rotatable bonds is 5. The smallest absolute Gasteiger partial charge is 0.339 e. The first-order chi connectivity index (χ1) is 13.9. The molecule has 1 fully saturated rings. The number of nitrogens with zero attached hydrogens (tertiary/aromatic N) is 2. The van der Waals surface area contributed by atoms with Gasteiger partial charge in [0.15, 0.2) is 0 Å². The van der Waals surface area contributed by atoms with Crippen LogP contribution in [0.1, 0.15) is 50.6 Å². The van der Waals surface area contributed by atoms with Gasteiger partial charge in [-0.3, -0.25) is 14.6 Å². The van der Waals surface area contributed by atoms with E-state index in [0.717, 1.165) is 18.5 Å². The fraction of sp³-hybridized carbons (Fsp3) is 0.429. The van der Waals surface area contributed by atoms with Gasteiger partial charge in [-0.2, -0.15) is 0 Å². The highest BCUT2D eigenvalue weighted by molar-refractivity contribution is 6.00. The number of hydrogen-bond donors (Lipinski definition) is 2. The summed E-state index contributed by atoms with van der Waals surface area (Å²) >= 11 is 0. The largest absolute Gasteiger partial charge is 0.465 e. The Morgan fingerprint density at radius 3 is 2.79 bits per heavy atom. The number of esters is 1. The average Bonchev–Trinajstić information content (AvgIpc) is 3.05. The number of hydrogen-bond acceptors (Lipinski definition) is 5. The number of aromatic nitrogens is 2. The molecule has 2 aromatic heterocycles. The molecule has 2 amide bonds. The van der Waals surface area contributed by atoms with Crippen molar-refractivity contribution in [3.05, 3.63) is 52.6 Å². The number of likely N-dealkylation sites (tertiary alicyclic amines) is 1. The number of carbonyl (C=O) groups excluding carboxylic acids is 3. The Kier molecular flexibility index (Phi) is 6.31. The summed E-state index contributed by atoms with van der Waals surface area (Å²) in [6.45, 7) is 4.75. The first-order valence-corrected chi connectivity index (χ1v) is 9.66. The quantitative estimate of drug-likeness (QED) is 0.750. The number of pyridine rings is 1. The number of methoxy groups -OCH3 is 1. The van der Waals surface area contributed by atoms with Gasteiger partial charge in [-0.05, 0) is 44.4 Å². The molecule has 1 atom stereocenters. The van der Waals surface area contributed by atoms with Crippen molar-refractivity contribution in [2.45, 2.75) is 33.2 Å². The molecule has 1 saturated heterocycles. The molecule has 154 valence electrons. The molecular weight excluding hydrogens is 372 g/mol. The van der Waals surface area contributed by atoms with E-state index >= 15 is 0 Å². The molecule has 3 heterocycles. The first kappa shape index (κ1) is 20.6. The van der Waals surface area contributed by atoms with E-state index in [9.17, 15) is 14.4 Å². The highest BCUT2D eigenvalue weighted by Crippen LogP contribution is 2.23. The van der Waals surface area contributed by atoms with Crippen LogP contribution in [-0.4, -0.2) is 52.9 Å². The monoisotopic (exact) mass is 398 g/mol. The summed E-state index contributed by atoms with van der Waals surface area (Å²) in [5.41, 5.74) is 2.72. The van der Waals surface area contributed by atoms with Crippen LogP contribution in [0.5, 0.6) is 0 Å². The molecule has 2 aromatic rings. The molecule has 0 unspecified atom stereocenters. The molecule has 0 bridgehead atoms. The van der Waals surface area contributed by atoms with Crippen molar-refractivity contribution in [2.24, 2.45) is 5.92 Å². The summed E-state index contributed by atoms with van der Waals surface area (Å²) in [5, 5.41) is 2.91. The average molecular weight is 398 g/mol. The van der Waals surface area contributed by atoms with Gasteiger partial charge in [0.25, 0.3) is 5.91 Å². The molecule has 1 aliphatic heterocycles. The van der Waals surface area contributed by atoms with E-state index in [2.05, 4.69) is 15.3 Å². The Morgan fingerprint density at radius 1 is 1.31 bits per heavy atom. The Labute approximate surface area is 169 Å². The summed E-state index contributed by atoms with van der Waals surface area (Å²) in [6, 6.07) is 5.55. The van der Waals surface area contributed by atoms with E-state index in [-0.39, 0.29) is 17.7 Å². The van der Waals surface area contributed by atoms with Gasteiger partial charge in [-0.25, -0.2) is 4.79 Å². The van der Waals surface area contributed by atoms with Crippen LogP contribution in [0.4, 0.5) is 0 Å². The molecule has 0 aliphatic carbocycles. The van der Waals surface area contributed by atoms with Crippen LogP contribution in [0.3, 0.4) is 0 Å². The normalized spacial score (nSPS) is 16.4. The van der Waals surface area contributed by atoms with Crippen LogP contribution >= 0.6 is 0 Å². The topological polar surface area (TPSA) is 104 Å². The molecule has 8 nitrogen and oxygen atoms in total. The summed E-state index contributed by atoms with van der Waals surface area (Å²) < 4.78 is 4.81. The van der Waals surface area contributed by atoms with Crippen LogP contribution in [0.25, 0.3) is 0 Å². The Hall–Kier alpha value is -3.16. The molecule has 8 heteroatoms. The number of H-pyrrole nitrogens is 1. The number of aromatic amines is 1. The molecular formula is C21H26N4O4. The predicted molar refractivity (Wildman–Crippen MR) is 106 cm³/mol. The van der Waals surface area contributed by atoms with Crippen LogP contribution in [0.15, 0.2) is 24.4 Å². The fourth-order valence-corrected chi connectivity index (χ4v) is 3.73. The maximum absolute atomic E-state index is 13.0. The highest BCUT2D eigenvalue weighted by Gasteiger charge is 2.31. The van der Waals surface area contributed by atoms with Crippen molar-refractivity contribution < 1.29 is 19.1 Å². The molecule has 0 spiro atoms. The van der Waals surface area contributed by atoms with Crippen LogP contribution < -0.4 is 5.32 Å². The Balaban J connectivity index is 1.66. The second-order valence-electron chi connectivity index (χ2n) is 7.25. The van der Waals surface area contributed by atoms with Gasteiger partial charge in [0.2, 0.25) is 5.91 Å². The third kappa shape index (κ3) is 4.47. The molecule has 3 rings (SSSR count). The zero-order valence-corrected chi connectivity index (χ0v) is 16.9. The SMILES string of the molecule is COC(=O)c1c(C)[nH]c(C(=O)N2CCC[C@@H](C(=O)NCc3ccccn3)C2)c1C. The molecule has 29 heavy (non-hydrogen) atoms. The van der Waals surface area contributed by atoms with Crippen molar-refractivity contribution in [3.8, 4) is 0 Å². The molecule has 0 radical (unpaired) electrons. The molecule has 1 aliphatic rings. The number of carbonyl (C=O) groups is 3. The van der Waals surface area contributed by atoms with E-state index in [1.165, 1.54) is 7.11 Å². The zero-order chi connectivity index (χ0) is 21.0. The second-order valence-corrected chi connectivity index (χ2v) is 7.25. The van der Waals surface area contributed by atoms with Crippen molar-refractivity contribution >= 4 is 17.8 Å². The number of piperidine rings is 1. The Bertz CT molecular complexity index is 907. The summed E-state index contributed by atoms with van der Waals surface area (Å²) in [6.07, 6.45) is 3.16. The number of aryl methyl sites for hydroxylation is 1. The molecule has 0 saturated carbocycles. The second kappa shape index (κ2) is 8.89. The molecule has 0 aromatic carbocycles. The predicted octanol–water partition coefficient (Wildman–Crippen LogP) is 1.98. The number of ether oxygens (including phenoxy) is 1. The van der Waals surface area contributed by atoms with E-state index < -0.39 is 5.97 Å². The standard InChI is InChI=1S/C21H26N4O4/c1-13-17(21(28)29-3)14(2)24-18(13)20(27)25-10-6-7-15(12-25)19(26)23-11-16-8-4-5-9-22-16/h4-5,8-9,15,24H,6-7,10-12H2,1-3H3,(H,23,26)/t15-/m1/s1. The molecule has 2 N–H and O–H groups in total. The summed E-state index contributed by atoms with van der Waals surface area (Å²) in [4.78, 5) is 46.5. The van der Waals surface area contributed by atoms with E-state index in [1.807, 2.05) is 18.2 Å². The van der Waals surface area contributed by atoms with Gasteiger partial charge in [0.05, 0.1) is 30.8 Å². The number of amides is 2. The van der Waals surface area contributed by atoms with E-state index in [0.29, 0.717) is 42.1 Å². The van der Waals surface area contributed by atoms with E-state index in [4.69, 9.17) is 4.74 Å². The first-order valence-electron chi connectivity index (χ1n) is 9.66. The summed E-state index contributed by atoms with van der Waals surface area (Å²) in [5.74, 6) is -1.03. The van der Waals surface area contributed by atoms with Crippen molar-refractivity contribution in [1.29, 1.82) is 0 Å². The van der Waals surface area contributed by atoms with Crippen molar-refractivity contribution in [2.75, 3.05) is 20.2 Å². The van der Waals surface area contributed by atoms with Gasteiger partial charge in [-0.15, -0.1) is 0 Å². The minimum atomic E-state index is -0.472. The van der Waals surface area contributed by atoms with Crippen LogP contribution in [0, 0.1) is 19.8 Å². The van der Waals surface area contributed by atoms with Gasteiger partial charge in [0.1, 0.15) is 5.69 Å². The maximum atomic E-state index is 13.0. The lowest BCUT2D eigenvalue weighted by Crippen LogP contribution is -2.45. The minimum Gasteiger partial charge on any atom is -0.465 e. The fourth-order valence-electron chi connectivity index (χ4n) is 3.73. The van der Waals surface area contributed by atoms with E-state index in [1.54, 1.807) is 24.9 Å². The third-order valence-electron chi connectivity index (χ3n) is 5.29. The number of nitrogens with one attached hydrogen (secondary N) is 2. The van der Waals surface area contributed by atoms with Crippen molar-refractivity contribution in [3.63, 3.8) is 0 Å². The van der Waals surface area contributed by atoms with Crippen molar-refractivity contribution in [1.82, 2.24) is 20.2 Å². The third-order valence-corrected chi connectivity index (χ3v) is 5.29. The lowest BCUT2D eigenvalue weighted by Gasteiger charge is -2.32. The van der Waals surface area contributed by atoms with Crippen LogP contribution in [-0.2, 0) is 16.1 Å². The maximum Gasteiger partial charge on any atom is 0.339 e. The lowest BCUT2D eigenvalue weighted by atomic mass is 9.96. The summed E-state index contributed by atoms with van der Waals surface area (Å²) in [7, 11) is 1.31. The van der Waals surface area contributed by atoms with Gasteiger partial charge >= 0.3 is 5.97 Å².